The summed E-state index contributed by atoms with van der Waals surface area (Å²) in [5, 5.41) is 13.6. The van der Waals surface area contributed by atoms with E-state index in [2.05, 4.69) is 5.32 Å². The Balaban J connectivity index is 2.30. The zero-order valence-electron chi connectivity index (χ0n) is 9.45. The number of ether oxygens (including phenoxy) is 1. The Labute approximate surface area is 101 Å². The van der Waals surface area contributed by atoms with E-state index in [-0.39, 0.29) is 0 Å². The largest absolute Gasteiger partial charge is 0.387 e. The number of hydrogen-bond donors (Lipinski definition) is 2. The summed E-state index contributed by atoms with van der Waals surface area (Å²) in [5.41, 5.74) is 0.757. The van der Waals surface area contributed by atoms with Crippen molar-refractivity contribution in [3.05, 3.63) is 34.9 Å². The first-order valence-corrected chi connectivity index (χ1v) is 5.84. The van der Waals surface area contributed by atoms with Crippen LogP contribution in [-0.2, 0) is 4.74 Å². The molecule has 16 heavy (non-hydrogen) atoms. The highest BCUT2D eigenvalue weighted by atomic mass is 35.5. The van der Waals surface area contributed by atoms with Crippen molar-refractivity contribution in [3.63, 3.8) is 0 Å². The van der Waals surface area contributed by atoms with E-state index >= 15 is 0 Å². The lowest BCUT2D eigenvalue weighted by Gasteiger charge is -2.13. The number of aliphatic hydroxyl groups excluding tert-OH is 1. The van der Waals surface area contributed by atoms with Gasteiger partial charge in [-0.15, -0.1) is 0 Å². The van der Waals surface area contributed by atoms with Gasteiger partial charge in [-0.3, -0.25) is 0 Å². The molecule has 4 heteroatoms. The van der Waals surface area contributed by atoms with Crippen molar-refractivity contribution in [1.82, 2.24) is 5.32 Å². The van der Waals surface area contributed by atoms with Gasteiger partial charge in [-0.2, -0.15) is 0 Å². The normalized spacial score (nSPS) is 12.7. The minimum Gasteiger partial charge on any atom is -0.387 e. The maximum absolute atomic E-state index is 9.87. The average molecular weight is 244 g/mol. The molecular formula is C12H18ClNO2. The van der Waals surface area contributed by atoms with E-state index in [1.807, 2.05) is 25.1 Å². The highest BCUT2D eigenvalue weighted by Crippen LogP contribution is 2.21. The van der Waals surface area contributed by atoms with Crippen LogP contribution in [0.2, 0.25) is 5.02 Å². The highest BCUT2D eigenvalue weighted by molar-refractivity contribution is 6.31. The van der Waals surface area contributed by atoms with E-state index in [9.17, 15) is 5.11 Å². The van der Waals surface area contributed by atoms with Gasteiger partial charge in [0, 0.05) is 30.3 Å². The second-order valence-corrected chi connectivity index (χ2v) is 3.85. The number of nitrogens with one attached hydrogen (secondary N) is 1. The van der Waals surface area contributed by atoms with Gasteiger partial charge < -0.3 is 15.2 Å². The molecular weight excluding hydrogens is 226 g/mol. The van der Waals surface area contributed by atoms with Gasteiger partial charge >= 0.3 is 0 Å². The Kier molecular flexibility index (Phi) is 6.42. The fraction of sp³-hybridized carbons (Fsp3) is 0.500. The van der Waals surface area contributed by atoms with Crippen LogP contribution in [0.15, 0.2) is 24.3 Å². The minimum atomic E-state index is -0.574. The number of hydrogen-bond acceptors (Lipinski definition) is 3. The van der Waals surface area contributed by atoms with Crippen molar-refractivity contribution in [3.8, 4) is 0 Å². The number of rotatable bonds is 7. The summed E-state index contributed by atoms with van der Waals surface area (Å²) in [7, 11) is 0. The molecule has 0 heterocycles. The molecule has 1 atom stereocenters. The lowest BCUT2D eigenvalue weighted by Crippen LogP contribution is -2.25. The van der Waals surface area contributed by atoms with Crippen LogP contribution in [0, 0.1) is 0 Å². The van der Waals surface area contributed by atoms with E-state index in [1.54, 1.807) is 6.07 Å². The summed E-state index contributed by atoms with van der Waals surface area (Å²) in [4.78, 5) is 0. The van der Waals surface area contributed by atoms with Crippen LogP contribution >= 0.6 is 11.6 Å². The smallest absolute Gasteiger partial charge is 0.0928 e. The van der Waals surface area contributed by atoms with E-state index in [1.165, 1.54) is 0 Å². The van der Waals surface area contributed by atoms with Gasteiger partial charge in [-0.1, -0.05) is 29.8 Å². The highest BCUT2D eigenvalue weighted by Gasteiger charge is 2.09. The summed E-state index contributed by atoms with van der Waals surface area (Å²) < 4.78 is 5.17. The monoisotopic (exact) mass is 243 g/mol. The average Bonchev–Trinajstić information content (AvgIpc) is 2.29. The molecule has 0 spiro atoms. The van der Waals surface area contributed by atoms with Crippen molar-refractivity contribution >= 4 is 11.6 Å². The van der Waals surface area contributed by atoms with Gasteiger partial charge in [0.1, 0.15) is 0 Å². The van der Waals surface area contributed by atoms with Crippen LogP contribution in [0.1, 0.15) is 18.6 Å². The molecule has 0 amide bonds. The molecule has 0 aliphatic rings. The predicted molar refractivity (Wildman–Crippen MR) is 65.8 cm³/mol. The Morgan fingerprint density at radius 3 is 2.88 bits per heavy atom. The van der Waals surface area contributed by atoms with Crippen molar-refractivity contribution in [2.75, 3.05) is 26.3 Å². The van der Waals surface area contributed by atoms with Crippen LogP contribution in [0.4, 0.5) is 0 Å². The standard InChI is InChI=1S/C12H18ClNO2/c1-2-16-8-7-14-9-12(15)10-5-3-4-6-11(10)13/h3-6,12,14-15H,2,7-9H2,1H3. The Bertz CT molecular complexity index is 307. The third-order valence-electron chi connectivity index (χ3n) is 2.23. The maximum Gasteiger partial charge on any atom is 0.0928 e. The fourth-order valence-electron chi connectivity index (χ4n) is 1.38. The Morgan fingerprint density at radius 2 is 2.19 bits per heavy atom. The van der Waals surface area contributed by atoms with Crippen LogP contribution < -0.4 is 5.32 Å². The predicted octanol–water partition coefficient (Wildman–Crippen LogP) is 2.00. The first kappa shape index (κ1) is 13.5. The Hall–Kier alpha value is -0.610. The summed E-state index contributed by atoms with van der Waals surface area (Å²) in [5.74, 6) is 0. The second-order valence-electron chi connectivity index (χ2n) is 3.44. The third kappa shape index (κ3) is 4.49. The van der Waals surface area contributed by atoms with Gasteiger partial charge in [0.25, 0.3) is 0 Å². The molecule has 2 N–H and O–H groups in total. The van der Waals surface area contributed by atoms with Crippen LogP contribution in [0.3, 0.4) is 0 Å². The summed E-state index contributed by atoms with van der Waals surface area (Å²) in [6.07, 6.45) is -0.574. The molecule has 90 valence electrons. The molecule has 1 rings (SSSR count). The third-order valence-corrected chi connectivity index (χ3v) is 2.57. The molecule has 0 aliphatic carbocycles. The van der Waals surface area contributed by atoms with Crippen molar-refractivity contribution < 1.29 is 9.84 Å². The summed E-state index contributed by atoms with van der Waals surface area (Å²) >= 11 is 5.97. The Morgan fingerprint density at radius 1 is 1.44 bits per heavy atom. The van der Waals surface area contributed by atoms with E-state index in [4.69, 9.17) is 16.3 Å². The summed E-state index contributed by atoms with van der Waals surface area (Å²) in [6.45, 7) is 4.55. The molecule has 0 aliphatic heterocycles. The number of benzene rings is 1. The molecule has 1 aromatic rings. The van der Waals surface area contributed by atoms with Crippen LogP contribution in [-0.4, -0.2) is 31.4 Å². The van der Waals surface area contributed by atoms with Gasteiger partial charge in [0.05, 0.1) is 12.7 Å². The van der Waals surface area contributed by atoms with Crippen LogP contribution in [0.5, 0.6) is 0 Å². The topological polar surface area (TPSA) is 41.5 Å². The second kappa shape index (κ2) is 7.63. The molecule has 0 aromatic heterocycles. The van der Waals surface area contributed by atoms with Crippen molar-refractivity contribution in [1.29, 1.82) is 0 Å². The molecule has 1 aromatic carbocycles. The minimum absolute atomic E-state index is 0.483. The lowest BCUT2D eigenvalue weighted by molar-refractivity contribution is 0.138. The molecule has 0 saturated heterocycles. The number of aliphatic hydroxyl groups is 1. The molecule has 0 saturated carbocycles. The van der Waals surface area contributed by atoms with E-state index < -0.39 is 6.10 Å². The van der Waals surface area contributed by atoms with Crippen molar-refractivity contribution in [2.24, 2.45) is 0 Å². The van der Waals surface area contributed by atoms with Gasteiger partial charge in [0.2, 0.25) is 0 Å². The van der Waals surface area contributed by atoms with Gasteiger partial charge in [-0.25, -0.2) is 0 Å². The quantitative estimate of drug-likeness (QED) is 0.720. The molecule has 0 fully saturated rings. The number of halogens is 1. The van der Waals surface area contributed by atoms with Crippen molar-refractivity contribution in [2.45, 2.75) is 13.0 Å². The zero-order chi connectivity index (χ0) is 11.8. The molecule has 0 bridgehead atoms. The van der Waals surface area contributed by atoms with Crippen LogP contribution in [0.25, 0.3) is 0 Å². The lowest BCUT2D eigenvalue weighted by atomic mass is 10.1. The first-order valence-electron chi connectivity index (χ1n) is 5.46. The molecule has 0 radical (unpaired) electrons. The fourth-order valence-corrected chi connectivity index (χ4v) is 1.64. The van der Waals surface area contributed by atoms with E-state index in [0.717, 1.165) is 18.7 Å². The summed E-state index contributed by atoms with van der Waals surface area (Å²) in [6, 6.07) is 7.32. The van der Waals surface area contributed by atoms with E-state index in [0.29, 0.717) is 18.2 Å². The zero-order valence-corrected chi connectivity index (χ0v) is 10.2. The molecule has 3 nitrogen and oxygen atoms in total. The van der Waals surface area contributed by atoms with Gasteiger partial charge in [0.15, 0.2) is 0 Å². The maximum atomic E-state index is 9.87. The first-order chi connectivity index (χ1) is 7.75. The van der Waals surface area contributed by atoms with Gasteiger partial charge in [-0.05, 0) is 13.0 Å². The SMILES string of the molecule is CCOCCNCC(O)c1ccccc1Cl. The molecule has 1 unspecified atom stereocenters.